The molecule has 2 saturated heterocycles. The number of Topliss-reactive ketones (excluding diaryl/α,β-unsaturated/α-hetero) is 1. The van der Waals surface area contributed by atoms with Crippen LogP contribution in [0.25, 0.3) is 0 Å². The molecule has 2 heterocycles. The van der Waals surface area contributed by atoms with Crippen LogP contribution in [0.5, 0.6) is 0 Å². The summed E-state index contributed by atoms with van der Waals surface area (Å²) in [6.45, 7) is 0.751. The second-order valence-electron chi connectivity index (χ2n) is 6.96. The van der Waals surface area contributed by atoms with Crippen LogP contribution in [0.15, 0.2) is 0 Å². The highest BCUT2D eigenvalue weighted by molar-refractivity contribution is 7.99. The SMILES string of the molecule is COC1(C(=O)C2CCOC3(CCSCC3)C2)CCCCC1. The van der Waals surface area contributed by atoms with Crippen molar-refractivity contribution in [1.29, 1.82) is 0 Å². The van der Waals surface area contributed by atoms with Gasteiger partial charge in [0.1, 0.15) is 5.60 Å². The molecule has 3 nitrogen and oxygen atoms in total. The molecule has 0 N–H and O–H groups in total. The number of carbonyl (C=O) groups excluding carboxylic acids is 1. The fourth-order valence-electron chi connectivity index (χ4n) is 4.39. The minimum atomic E-state index is -0.481. The minimum absolute atomic E-state index is 0.00652. The second-order valence-corrected chi connectivity index (χ2v) is 8.18. The molecule has 3 aliphatic rings. The molecule has 4 heteroatoms. The Morgan fingerprint density at radius 1 is 1.14 bits per heavy atom. The molecule has 0 aromatic rings. The average molecular weight is 312 g/mol. The predicted octanol–water partition coefficient (Wildman–Crippen LogP) is 3.60. The molecule has 1 spiro atoms. The van der Waals surface area contributed by atoms with E-state index < -0.39 is 5.60 Å². The van der Waals surface area contributed by atoms with Crippen molar-refractivity contribution in [3.8, 4) is 0 Å². The van der Waals surface area contributed by atoms with Crippen molar-refractivity contribution in [2.75, 3.05) is 25.2 Å². The molecule has 0 amide bonds. The van der Waals surface area contributed by atoms with Crippen molar-refractivity contribution in [3.63, 3.8) is 0 Å². The molecular weight excluding hydrogens is 284 g/mol. The maximum absolute atomic E-state index is 13.1. The molecule has 0 aromatic heterocycles. The van der Waals surface area contributed by atoms with Gasteiger partial charge < -0.3 is 9.47 Å². The zero-order valence-corrected chi connectivity index (χ0v) is 14.0. The lowest BCUT2D eigenvalue weighted by molar-refractivity contribution is -0.161. The molecule has 1 saturated carbocycles. The van der Waals surface area contributed by atoms with Gasteiger partial charge in [0.2, 0.25) is 0 Å². The van der Waals surface area contributed by atoms with Gasteiger partial charge in [0.15, 0.2) is 5.78 Å². The Balaban J connectivity index is 1.71. The van der Waals surface area contributed by atoms with E-state index in [1.165, 1.54) is 17.9 Å². The fourth-order valence-corrected chi connectivity index (χ4v) is 5.63. The first-order chi connectivity index (χ1) is 10.2. The summed E-state index contributed by atoms with van der Waals surface area (Å²) >= 11 is 2.01. The van der Waals surface area contributed by atoms with E-state index >= 15 is 0 Å². The first-order valence-corrected chi connectivity index (χ1v) is 9.66. The summed E-state index contributed by atoms with van der Waals surface area (Å²) in [6.07, 6.45) is 9.38. The largest absolute Gasteiger partial charge is 0.375 e. The Bertz CT molecular complexity index is 365. The van der Waals surface area contributed by atoms with Gasteiger partial charge in [-0.3, -0.25) is 4.79 Å². The zero-order chi connectivity index (χ0) is 14.8. The van der Waals surface area contributed by atoms with Crippen LogP contribution < -0.4 is 0 Å². The smallest absolute Gasteiger partial charge is 0.167 e. The standard InChI is InChI=1S/C17H28O3S/c1-19-17(6-3-2-4-7-17)15(18)14-5-10-20-16(13-14)8-11-21-12-9-16/h14H,2-13H2,1H3. The molecule has 120 valence electrons. The molecule has 3 rings (SSSR count). The van der Waals surface area contributed by atoms with Gasteiger partial charge in [-0.05, 0) is 50.0 Å². The van der Waals surface area contributed by atoms with Gasteiger partial charge in [-0.1, -0.05) is 19.3 Å². The van der Waals surface area contributed by atoms with Crippen LogP contribution in [0.1, 0.15) is 57.8 Å². The molecule has 0 bridgehead atoms. The van der Waals surface area contributed by atoms with Crippen LogP contribution in [0, 0.1) is 5.92 Å². The number of thioether (sulfide) groups is 1. The number of carbonyl (C=O) groups is 1. The van der Waals surface area contributed by atoms with E-state index in [0.717, 1.165) is 58.0 Å². The summed E-state index contributed by atoms with van der Waals surface area (Å²) in [7, 11) is 1.73. The van der Waals surface area contributed by atoms with Crippen LogP contribution >= 0.6 is 11.8 Å². The maximum Gasteiger partial charge on any atom is 0.167 e. The Kier molecular flexibility index (Phi) is 4.97. The summed E-state index contributed by atoms with van der Waals surface area (Å²) in [6, 6.07) is 0. The highest BCUT2D eigenvalue weighted by Gasteiger charge is 2.47. The first-order valence-electron chi connectivity index (χ1n) is 8.51. The lowest BCUT2D eigenvalue weighted by Crippen LogP contribution is -2.51. The minimum Gasteiger partial charge on any atom is -0.375 e. The first kappa shape index (κ1) is 15.8. The van der Waals surface area contributed by atoms with Gasteiger partial charge in [-0.15, -0.1) is 0 Å². The lowest BCUT2D eigenvalue weighted by atomic mass is 9.72. The average Bonchev–Trinajstić information content (AvgIpc) is 2.55. The van der Waals surface area contributed by atoms with Crippen molar-refractivity contribution < 1.29 is 14.3 Å². The van der Waals surface area contributed by atoms with Crippen LogP contribution in [0.4, 0.5) is 0 Å². The fraction of sp³-hybridized carbons (Fsp3) is 0.941. The summed E-state index contributed by atoms with van der Waals surface area (Å²) in [5, 5.41) is 0. The Hall–Kier alpha value is -0.0600. The number of ether oxygens (including phenoxy) is 2. The molecular formula is C17H28O3S. The van der Waals surface area contributed by atoms with E-state index in [1.54, 1.807) is 7.11 Å². The molecule has 1 atom stereocenters. The van der Waals surface area contributed by atoms with E-state index in [2.05, 4.69) is 0 Å². The summed E-state index contributed by atoms with van der Waals surface area (Å²) < 4.78 is 11.9. The molecule has 2 aliphatic heterocycles. The van der Waals surface area contributed by atoms with E-state index in [9.17, 15) is 4.79 Å². The Morgan fingerprint density at radius 2 is 1.86 bits per heavy atom. The normalized spacial score (nSPS) is 32.0. The molecule has 21 heavy (non-hydrogen) atoms. The summed E-state index contributed by atoms with van der Waals surface area (Å²) in [4.78, 5) is 13.1. The predicted molar refractivity (Wildman–Crippen MR) is 85.8 cm³/mol. The molecule has 3 fully saturated rings. The van der Waals surface area contributed by atoms with Crippen molar-refractivity contribution in [2.45, 2.75) is 69.0 Å². The van der Waals surface area contributed by atoms with Gasteiger partial charge >= 0.3 is 0 Å². The number of methoxy groups -OCH3 is 1. The van der Waals surface area contributed by atoms with Gasteiger partial charge in [0.25, 0.3) is 0 Å². The number of hydrogen-bond donors (Lipinski definition) is 0. The topological polar surface area (TPSA) is 35.5 Å². The third-order valence-electron chi connectivity index (χ3n) is 5.77. The quantitative estimate of drug-likeness (QED) is 0.798. The van der Waals surface area contributed by atoms with E-state index in [4.69, 9.17) is 9.47 Å². The van der Waals surface area contributed by atoms with Crippen molar-refractivity contribution in [3.05, 3.63) is 0 Å². The summed E-state index contributed by atoms with van der Waals surface area (Å²) in [5.74, 6) is 2.89. The van der Waals surface area contributed by atoms with Gasteiger partial charge in [-0.2, -0.15) is 11.8 Å². The number of hydrogen-bond acceptors (Lipinski definition) is 4. The second kappa shape index (κ2) is 6.59. The van der Waals surface area contributed by atoms with Gasteiger partial charge in [0, 0.05) is 19.6 Å². The van der Waals surface area contributed by atoms with Crippen molar-refractivity contribution >= 4 is 17.5 Å². The van der Waals surface area contributed by atoms with E-state index in [-0.39, 0.29) is 11.5 Å². The Morgan fingerprint density at radius 3 is 2.52 bits per heavy atom. The number of rotatable bonds is 3. The van der Waals surface area contributed by atoms with Crippen LogP contribution in [0.3, 0.4) is 0 Å². The third-order valence-corrected chi connectivity index (χ3v) is 6.75. The van der Waals surface area contributed by atoms with Gasteiger partial charge in [-0.25, -0.2) is 0 Å². The Labute approximate surface area is 132 Å². The summed E-state index contributed by atoms with van der Waals surface area (Å²) in [5.41, 5.74) is -0.488. The van der Waals surface area contributed by atoms with Crippen molar-refractivity contribution in [1.82, 2.24) is 0 Å². The van der Waals surface area contributed by atoms with E-state index in [1.807, 2.05) is 11.8 Å². The van der Waals surface area contributed by atoms with Crippen LogP contribution in [-0.4, -0.2) is 42.2 Å². The van der Waals surface area contributed by atoms with Crippen LogP contribution in [0.2, 0.25) is 0 Å². The molecule has 0 radical (unpaired) electrons. The van der Waals surface area contributed by atoms with E-state index in [0.29, 0.717) is 5.78 Å². The molecule has 1 aliphatic carbocycles. The third kappa shape index (κ3) is 3.18. The van der Waals surface area contributed by atoms with Crippen LogP contribution in [-0.2, 0) is 14.3 Å². The molecule has 1 unspecified atom stereocenters. The maximum atomic E-state index is 13.1. The highest BCUT2D eigenvalue weighted by atomic mass is 32.2. The van der Waals surface area contributed by atoms with Crippen molar-refractivity contribution in [2.24, 2.45) is 5.92 Å². The zero-order valence-electron chi connectivity index (χ0n) is 13.2. The lowest BCUT2D eigenvalue weighted by Gasteiger charge is -2.45. The monoisotopic (exact) mass is 312 g/mol. The number of ketones is 1. The highest BCUT2D eigenvalue weighted by Crippen LogP contribution is 2.43. The van der Waals surface area contributed by atoms with Gasteiger partial charge in [0.05, 0.1) is 5.60 Å². The molecule has 0 aromatic carbocycles.